The van der Waals surface area contributed by atoms with Crippen molar-refractivity contribution < 1.29 is 4.79 Å². The number of carbonyl (C=O) groups is 1. The SMILES string of the molecule is C[C@@]1(C(=O)Nc2ccc(C#N)cn2)CCCN1c1nc(Nc2cc(C3CC3)[nH]n2)c2cccn2n1. The van der Waals surface area contributed by atoms with Crippen LogP contribution in [0.3, 0.4) is 0 Å². The first-order valence-corrected chi connectivity index (χ1v) is 11.7. The standard InChI is InChI=1S/C24H24N10O/c1-24(22(35)28-19-8-5-15(13-25)14-26-19)9-3-10-33(24)23-29-21(18-4-2-11-34(18)32-23)27-20-12-17(30-31-20)16-6-7-16/h2,4-5,8,11-12,14,16H,3,6-7,9-10H2,1H3,(H,26,28,35)(H2,27,29,30,31,32)/t24-/m0/s1. The summed E-state index contributed by atoms with van der Waals surface area (Å²) in [4.78, 5) is 24.3. The van der Waals surface area contributed by atoms with Crippen LogP contribution in [-0.4, -0.2) is 47.8 Å². The third-order valence-corrected chi connectivity index (χ3v) is 6.75. The lowest BCUT2D eigenvalue weighted by atomic mass is 9.98. The fourth-order valence-corrected chi connectivity index (χ4v) is 4.56. The lowest BCUT2D eigenvalue weighted by Gasteiger charge is -2.33. The van der Waals surface area contributed by atoms with Crippen LogP contribution in [0.15, 0.2) is 42.7 Å². The van der Waals surface area contributed by atoms with Crippen LogP contribution in [0.25, 0.3) is 5.52 Å². The molecular weight excluding hydrogens is 444 g/mol. The van der Waals surface area contributed by atoms with E-state index in [9.17, 15) is 4.79 Å². The minimum atomic E-state index is -0.862. The van der Waals surface area contributed by atoms with Gasteiger partial charge in [-0.3, -0.25) is 9.89 Å². The normalized spacial score (nSPS) is 19.6. The van der Waals surface area contributed by atoms with E-state index in [4.69, 9.17) is 15.3 Å². The Hall–Kier alpha value is -4.46. The first kappa shape index (κ1) is 21.1. The summed E-state index contributed by atoms with van der Waals surface area (Å²) in [5.74, 6) is 2.56. The van der Waals surface area contributed by atoms with Gasteiger partial charge in [-0.05, 0) is 56.9 Å². The van der Waals surface area contributed by atoms with Crippen molar-refractivity contribution in [3.63, 3.8) is 0 Å². The molecule has 0 bridgehead atoms. The molecule has 0 spiro atoms. The van der Waals surface area contributed by atoms with Crippen molar-refractivity contribution in [1.82, 2.24) is 29.8 Å². The highest BCUT2D eigenvalue weighted by Gasteiger charge is 2.45. The van der Waals surface area contributed by atoms with E-state index in [1.165, 1.54) is 19.0 Å². The second-order valence-electron chi connectivity index (χ2n) is 9.23. The molecule has 35 heavy (non-hydrogen) atoms. The second-order valence-corrected chi connectivity index (χ2v) is 9.23. The van der Waals surface area contributed by atoms with Gasteiger partial charge in [0.2, 0.25) is 5.95 Å². The number of aromatic nitrogens is 6. The van der Waals surface area contributed by atoms with Gasteiger partial charge in [0, 0.05) is 36.6 Å². The van der Waals surface area contributed by atoms with Crippen molar-refractivity contribution in [2.24, 2.45) is 0 Å². The van der Waals surface area contributed by atoms with Gasteiger partial charge in [-0.25, -0.2) is 9.50 Å². The van der Waals surface area contributed by atoms with E-state index in [1.54, 1.807) is 16.6 Å². The summed E-state index contributed by atoms with van der Waals surface area (Å²) in [6.45, 7) is 2.54. The molecule has 6 rings (SSSR count). The first-order chi connectivity index (χ1) is 17.0. The molecule has 1 aliphatic heterocycles. The molecule has 0 aromatic carbocycles. The van der Waals surface area contributed by atoms with Crippen LogP contribution in [0.2, 0.25) is 0 Å². The van der Waals surface area contributed by atoms with Crippen LogP contribution >= 0.6 is 0 Å². The number of fused-ring (bicyclic) bond motifs is 1. The van der Waals surface area contributed by atoms with Crippen molar-refractivity contribution in [2.45, 2.75) is 44.1 Å². The van der Waals surface area contributed by atoms with Crippen LogP contribution in [-0.2, 0) is 4.79 Å². The molecule has 11 nitrogen and oxygen atoms in total. The van der Waals surface area contributed by atoms with E-state index in [-0.39, 0.29) is 5.91 Å². The maximum absolute atomic E-state index is 13.4. The van der Waals surface area contributed by atoms with Crippen LogP contribution in [0.1, 0.15) is 49.8 Å². The third kappa shape index (κ3) is 3.82. The molecule has 176 valence electrons. The fraction of sp³-hybridized carbons (Fsp3) is 0.333. The van der Waals surface area contributed by atoms with Gasteiger partial charge in [0.15, 0.2) is 11.6 Å². The molecule has 2 fully saturated rings. The summed E-state index contributed by atoms with van der Waals surface area (Å²) < 4.78 is 1.76. The zero-order chi connectivity index (χ0) is 24.0. The lowest BCUT2D eigenvalue weighted by molar-refractivity contribution is -0.120. The van der Waals surface area contributed by atoms with Crippen molar-refractivity contribution in [3.05, 3.63) is 54.0 Å². The Morgan fingerprint density at radius 3 is 2.94 bits per heavy atom. The maximum atomic E-state index is 13.4. The molecule has 1 saturated heterocycles. The highest BCUT2D eigenvalue weighted by atomic mass is 16.2. The number of nitrogens with zero attached hydrogens (tertiary/aromatic N) is 7. The van der Waals surface area contributed by atoms with Crippen LogP contribution in [0.4, 0.5) is 23.4 Å². The van der Waals surface area contributed by atoms with Gasteiger partial charge in [0.25, 0.3) is 5.91 Å². The first-order valence-electron chi connectivity index (χ1n) is 11.7. The molecule has 4 aromatic rings. The minimum Gasteiger partial charge on any atom is -0.325 e. The predicted octanol–water partition coefficient (Wildman–Crippen LogP) is 3.34. The summed E-state index contributed by atoms with van der Waals surface area (Å²) in [6.07, 6.45) is 7.15. The average molecular weight is 469 g/mol. The molecule has 11 heteroatoms. The summed E-state index contributed by atoms with van der Waals surface area (Å²) in [5.41, 5.74) is 1.52. The number of nitrogens with one attached hydrogen (secondary N) is 3. The van der Waals surface area contributed by atoms with Crippen molar-refractivity contribution in [3.8, 4) is 6.07 Å². The predicted molar refractivity (Wildman–Crippen MR) is 129 cm³/mol. The topological polar surface area (TPSA) is 140 Å². The number of hydrogen-bond donors (Lipinski definition) is 3. The number of hydrogen-bond acceptors (Lipinski definition) is 8. The molecule has 1 aliphatic carbocycles. The number of amides is 1. The Balaban J connectivity index is 1.29. The van der Waals surface area contributed by atoms with Crippen molar-refractivity contribution in [2.75, 3.05) is 22.1 Å². The summed E-state index contributed by atoms with van der Waals surface area (Å²) in [5, 5.41) is 27.4. The monoisotopic (exact) mass is 468 g/mol. The number of anilines is 4. The van der Waals surface area contributed by atoms with Gasteiger partial charge >= 0.3 is 0 Å². The van der Waals surface area contributed by atoms with Crippen molar-refractivity contribution in [1.29, 1.82) is 5.26 Å². The van der Waals surface area contributed by atoms with Crippen LogP contribution < -0.4 is 15.5 Å². The number of nitriles is 1. The molecule has 0 radical (unpaired) electrons. The van der Waals surface area contributed by atoms with Gasteiger partial charge < -0.3 is 15.5 Å². The molecule has 5 heterocycles. The Bertz CT molecular complexity index is 1450. The Labute approximate surface area is 201 Å². The molecular formula is C24H24N10O. The van der Waals surface area contributed by atoms with E-state index >= 15 is 0 Å². The van der Waals surface area contributed by atoms with Crippen molar-refractivity contribution >= 4 is 34.8 Å². The second kappa shape index (κ2) is 8.09. The number of rotatable bonds is 6. The molecule has 1 saturated carbocycles. The molecule has 0 unspecified atom stereocenters. The minimum absolute atomic E-state index is 0.195. The number of H-pyrrole nitrogens is 1. The molecule has 4 aromatic heterocycles. The largest absolute Gasteiger partial charge is 0.325 e. The zero-order valence-electron chi connectivity index (χ0n) is 19.2. The van der Waals surface area contributed by atoms with E-state index in [1.807, 2.05) is 42.3 Å². The van der Waals surface area contributed by atoms with E-state index in [0.717, 1.165) is 17.6 Å². The maximum Gasteiger partial charge on any atom is 0.251 e. The zero-order valence-corrected chi connectivity index (χ0v) is 19.2. The highest BCUT2D eigenvalue weighted by molar-refractivity contribution is 5.99. The Kier molecular flexibility index (Phi) is 4.88. The molecule has 1 amide bonds. The Morgan fingerprint density at radius 1 is 1.29 bits per heavy atom. The van der Waals surface area contributed by atoms with Crippen LogP contribution in [0, 0.1) is 11.3 Å². The van der Waals surface area contributed by atoms with Gasteiger partial charge in [0.05, 0.1) is 5.56 Å². The van der Waals surface area contributed by atoms with Gasteiger partial charge in [0.1, 0.15) is 22.9 Å². The molecule has 3 N–H and O–H groups in total. The average Bonchev–Trinajstić information content (AvgIpc) is 3.23. The number of pyridine rings is 1. The molecule has 2 aliphatic rings. The van der Waals surface area contributed by atoms with Gasteiger partial charge in [-0.15, -0.1) is 5.10 Å². The van der Waals surface area contributed by atoms with Gasteiger partial charge in [-0.2, -0.15) is 15.3 Å². The summed E-state index contributed by atoms with van der Waals surface area (Å²) >= 11 is 0. The lowest BCUT2D eigenvalue weighted by Crippen LogP contribution is -2.52. The van der Waals surface area contributed by atoms with Crippen LogP contribution in [0.5, 0.6) is 0 Å². The molecule has 1 atom stereocenters. The Morgan fingerprint density at radius 2 is 2.17 bits per heavy atom. The van der Waals surface area contributed by atoms with E-state index in [0.29, 0.717) is 47.8 Å². The number of carbonyl (C=O) groups excluding carboxylic acids is 1. The van der Waals surface area contributed by atoms with E-state index in [2.05, 4.69) is 25.8 Å². The summed E-state index contributed by atoms with van der Waals surface area (Å²) in [7, 11) is 0. The number of aromatic amines is 1. The van der Waals surface area contributed by atoms with Gasteiger partial charge in [-0.1, -0.05) is 0 Å². The third-order valence-electron chi connectivity index (χ3n) is 6.75. The summed E-state index contributed by atoms with van der Waals surface area (Å²) in [6, 6.07) is 11.2. The smallest absolute Gasteiger partial charge is 0.251 e. The van der Waals surface area contributed by atoms with E-state index < -0.39 is 5.54 Å². The highest BCUT2D eigenvalue weighted by Crippen LogP contribution is 2.40. The quantitative estimate of drug-likeness (QED) is 0.391. The fourth-order valence-electron chi connectivity index (χ4n) is 4.56.